The van der Waals surface area contributed by atoms with Crippen molar-refractivity contribution in [1.29, 1.82) is 0 Å². The minimum absolute atomic E-state index is 0.313. The summed E-state index contributed by atoms with van der Waals surface area (Å²) in [6.45, 7) is 0. The second-order valence-corrected chi connectivity index (χ2v) is 2.32. The lowest BCUT2D eigenvalue weighted by Gasteiger charge is -2.08. The summed E-state index contributed by atoms with van der Waals surface area (Å²) in [6, 6.07) is 3.29. The van der Waals surface area contributed by atoms with E-state index in [1.165, 1.54) is 6.07 Å². The van der Waals surface area contributed by atoms with Crippen LogP contribution in [0.1, 0.15) is 0 Å². The lowest BCUT2D eigenvalue weighted by atomic mass is 9.86. The van der Waals surface area contributed by atoms with Crippen molar-refractivity contribution in [2.75, 3.05) is 0 Å². The van der Waals surface area contributed by atoms with E-state index in [9.17, 15) is 13.2 Å². The number of hydrogen-bond donors (Lipinski definition) is 2. The van der Waals surface area contributed by atoms with Gasteiger partial charge >= 0.3 is 13.5 Å². The molecule has 2 N–H and O–H groups in total. The van der Waals surface area contributed by atoms with Crippen molar-refractivity contribution in [1.82, 2.24) is 4.98 Å². The van der Waals surface area contributed by atoms with E-state index in [1.54, 1.807) is 0 Å². The molecule has 0 saturated carbocycles. The van der Waals surface area contributed by atoms with Crippen molar-refractivity contribution in [2.45, 2.75) is 6.36 Å². The fourth-order valence-corrected chi connectivity index (χ4v) is 0.750. The molecule has 0 aliphatic carbocycles. The zero-order valence-corrected chi connectivity index (χ0v) is 6.69. The number of alkyl halides is 3. The Morgan fingerprint density at radius 1 is 1.29 bits per heavy atom. The molecule has 0 spiro atoms. The second-order valence-electron chi connectivity index (χ2n) is 2.32. The van der Waals surface area contributed by atoms with Gasteiger partial charge in [0.2, 0.25) is 5.88 Å². The maximum atomic E-state index is 11.7. The highest BCUT2D eigenvalue weighted by Crippen LogP contribution is 2.19. The molecule has 0 amide bonds. The molecule has 0 aliphatic rings. The van der Waals surface area contributed by atoms with Gasteiger partial charge in [0.05, 0.1) is 5.59 Å². The maximum Gasteiger partial charge on any atom is 0.574 e. The minimum atomic E-state index is -4.84. The van der Waals surface area contributed by atoms with E-state index in [-0.39, 0.29) is 5.59 Å². The number of pyridine rings is 1. The number of hydrogen-bond acceptors (Lipinski definition) is 4. The molecule has 1 aromatic rings. The predicted octanol–water partition coefficient (Wildman–Crippen LogP) is -0.340. The van der Waals surface area contributed by atoms with Crippen molar-refractivity contribution in [2.24, 2.45) is 0 Å². The molecule has 0 fully saturated rings. The van der Waals surface area contributed by atoms with Gasteiger partial charge in [-0.15, -0.1) is 13.2 Å². The Morgan fingerprint density at radius 3 is 2.43 bits per heavy atom. The Balaban J connectivity index is 2.84. The molecule has 1 rings (SSSR count). The van der Waals surface area contributed by atoms with Crippen LogP contribution in [-0.2, 0) is 0 Å². The zero-order chi connectivity index (χ0) is 10.8. The molecule has 76 valence electrons. The average molecular weight is 207 g/mol. The topological polar surface area (TPSA) is 62.6 Å². The lowest BCUT2D eigenvalue weighted by Crippen LogP contribution is -2.33. The third kappa shape index (κ3) is 3.23. The third-order valence-corrected chi connectivity index (χ3v) is 1.23. The summed E-state index contributed by atoms with van der Waals surface area (Å²) in [5.74, 6) is -0.733. The van der Waals surface area contributed by atoms with E-state index in [1.807, 2.05) is 0 Å². The molecule has 0 saturated heterocycles. The normalized spacial score (nSPS) is 11.2. The van der Waals surface area contributed by atoms with Crippen molar-refractivity contribution >= 4 is 12.7 Å². The lowest BCUT2D eigenvalue weighted by molar-refractivity contribution is -0.276. The van der Waals surface area contributed by atoms with Crippen LogP contribution >= 0.6 is 0 Å². The van der Waals surface area contributed by atoms with Crippen molar-refractivity contribution in [3.63, 3.8) is 0 Å². The summed E-state index contributed by atoms with van der Waals surface area (Å²) in [5.41, 5.74) is -0.313. The van der Waals surface area contributed by atoms with Crippen LogP contribution in [-0.4, -0.2) is 28.5 Å². The second kappa shape index (κ2) is 3.85. The Labute approximate surface area is 77.1 Å². The summed E-state index contributed by atoms with van der Waals surface area (Å²) in [7, 11) is -1.92. The molecular weight excluding hydrogens is 202 g/mol. The molecule has 0 aromatic carbocycles. The van der Waals surface area contributed by atoms with Gasteiger partial charge in [-0.3, -0.25) is 0 Å². The van der Waals surface area contributed by atoms with E-state index in [0.29, 0.717) is 0 Å². The van der Waals surface area contributed by atoms with E-state index in [2.05, 4.69) is 9.72 Å². The largest absolute Gasteiger partial charge is 0.574 e. The zero-order valence-electron chi connectivity index (χ0n) is 6.69. The molecule has 0 unspecified atom stereocenters. The Hall–Kier alpha value is -1.28. The van der Waals surface area contributed by atoms with Gasteiger partial charge in [-0.05, 0) is 6.07 Å². The van der Waals surface area contributed by atoms with E-state index >= 15 is 0 Å². The Kier molecular flexibility index (Phi) is 2.97. The van der Waals surface area contributed by atoms with E-state index in [0.717, 1.165) is 12.1 Å². The van der Waals surface area contributed by atoms with Crippen LogP contribution in [0.25, 0.3) is 0 Å². The number of nitrogens with zero attached hydrogens (tertiary/aromatic N) is 1. The fourth-order valence-electron chi connectivity index (χ4n) is 0.750. The number of aromatic nitrogens is 1. The number of ether oxygens (including phenoxy) is 1. The molecule has 8 heteroatoms. The van der Waals surface area contributed by atoms with Crippen LogP contribution in [0.4, 0.5) is 13.2 Å². The predicted molar refractivity (Wildman–Crippen MR) is 40.7 cm³/mol. The molecule has 1 aromatic heterocycles. The molecule has 14 heavy (non-hydrogen) atoms. The molecule has 0 radical (unpaired) electrons. The molecule has 0 atom stereocenters. The van der Waals surface area contributed by atoms with Gasteiger partial charge in [0.1, 0.15) is 0 Å². The van der Waals surface area contributed by atoms with Gasteiger partial charge in [-0.25, -0.2) is 4.98 Å². The smallest absolute Gasteiger partial charge is 0.422 e. The number of rotatable bonds is 2. The van der Waals surface area contributed by atoms with Crippen LogP contribution < -0.4 is 10.3 Å². The van der Waals surface area contributed by atoms with Crippen molar-refractivity contribution in [3.05, 3.63) is 18.2 Å². The van der Waals surface area contributed by atoms with Gasteiger partial charge < -0.3 is 14.8 Å². The highest BCUT2D eigenvalue weighted by atomic mass is 19.4. The Morgan fingerprint density at radius 2 is 1.93 bits per heavy atom. The van der Waals surface area contributed by atoms with E-state index in [4.69, 9.17) is 10.0 Å². The quantitative estimate of drug-likeness (QED) is 0.651. The molecule has 0 aliphatic heterocycles. The van der Waals surface area contributed by atoms with E-state index < -0.39 is 19.4 Å². The first-order valence-electron chi connectivity index (χ1n) is 3.47. The first-order valence-corrected chi connectivity index (χ1v) is 3.47. The molecule has 0 bridgehead atoms. The van der Waals surface area contributed by atoms with Gasteiger partial charge in [0.25, 0.3) is 0 Å². The summed E-state index contributed by atoms with van der Waals surface area (Å²) < 4.78 is 38.5. The van der Waals surface area contributed by atoms with Crippen LogP contribution in [0, 0.1) is 0 Å². The molecule has 4 nitrogen and oxygen atoms in total. The summed E-state index contributed by atoms with van der Waals surface area (Å²) in [6.07, 6.45) is -4.84. The first-order chi connectivity index (χ1) is 6.38. The van der Waals surface area contributed by atoms with Gasteiger partial charge in [-0.1, -0.05) is 6.07 Å². The first kappa shape index (κ1) is 10.8. The van der Waals surface area contributed by atoms with Crippen LogP contribution in [0.5, 0.6) is 5.88 Å². The summed E-state index contributed by atoms with van der Waals surface area (Å²) in [4.78, 5) is 3.22. The SMILES string of the molecule is OB(O)c1cccc(OC(F)(F)F)n1. The highest BCUT2D eigenvalue weighted by Gasteiger charge is 2.32. The molecular formula is C6H5BF3NO3. The minimum Gasteiger partial charge on any atom is -0.422 e. The Bertz CT molecular complexity index is 317. The maximum absolute atomic E-state index is 11.7. The monoisotopic (exact) mass is 207 g/mol. The van der Waals surface area contributed by atoms with Gasteiger partial charge in [-0.2, -0.15) is 0 Å². The highest BCUT2D eigenvalue weighted by molar-refractivity contribution is 6.57. The van der Waals surface area contributed by atoms with Crippen molar-refractivity contribution in [3.8, 4) is 5.88 Å². The third-order valence-electron chi connectivity index (χ3n) is 1.23. The summed E-state index contributed by atoms with van der Waals surface area (Å²) in [5, 5.41) is 17.2. The average Bonchev–Trinajstić information content (AvgIpc) is 2.01. The summed E-state index contributed by atoms with van der Waals surface area (Å²) >= 11 is 0. The van der Waals surface area contributed by atoms with Crippen LogP contribution in [0.15, 0.2) is 18.2 Å². The fraction of sp³-hybridized carbons (Fsp3) is 0.167. The van der Waals surface area contributed by atoms with Gasteiger partial charge in [0.15, 0.2) is 0 Å². The molecule has 1 heterocycles. The van der Waals surface area contributed by atoms with Crippen molar-refractivity contribution < 1.29 is 28.0 Å². The number of halogens is 3. The standard InChI is InChI=1S/C6H5BF3NO3/c8-6(9,10)14-5-3-1-2-4(11-5)7(12)13/h1-3,12-13H. The van der Waals surface area contributed by atoms with Gasteiger partial charge in [0, 0.05) is 6.07 Å². The van der Waals surface area contributed by atoms with Crippen LogP contribution in [0.3, 0.4) is 0 Å². The van der Waals surface area contributed by atoms with Crippen LogP contribution in [0.2, 0.25) is 0 Å².